The minimum atomic E-state index is -0.367. The molecule has 0 aliphatic rings. The maximum atomic E-state index is 12.3. The highest BCUT2D eigenvalue weighted by atomic mass is 35.5. The Labute approximate surface area is 162 Å². The third kappa shape index (κ3) is 4.95. The smallest absolute Gasteiger partial charge is 0.275 e. The molecule has 138 valence electrons. The normalized spacial score (nSPS) is 10.3. The summed E-state index contributed by atoms with van der Waals surface area (Å²) in [6.45, 7) is 2.68. The van der Waals surface area contributed by atoms with Crippen molar-refractivity contribution in [3.05, 3.63) is 76.7 Å². The zero-order valence-electron chi connectivity index (χ0n) is 15.0. The first kappa shape index (κ1) is 18.7. The number of benzene rings is 2. The molecule has 7 heteroatoms. The fourth-order valence-corrected chi connectivity index (χ4v) is 2.75. The van der Waals surface area contributed by atoms with Gasteiger partial charge in [0.25, 0.3) is 5.91 Å². The molecule has 0 aliphatic carbocycles. The van der Waals surface area contributed by atoms with Crippen LogP contribution in [-0.4, -0.2) is 23.0 Å². The van der Waals surface area contributed by atoms with E-state index < -0.39 is 0 Å². The van der Waals surface area contributed by atoms with Crippen LogP contribution in [0.15, 0.2) is 54.9 Å². The summed E-state index contributed by atoms with van der Waals surface area (Å²) in [7, 11) is 1.53. The Morgan fingerprint density at radius 2 is 2.00 bits per heavy atom. The molecular formula is C20H19ClN4O2. The molecule has 6 nitrogen and oxygen atoms in total. The van der Waals surface area contributed by atoms with E-state index in [-0.39, 0.29) is 11.6 Å². The van der Waals surface area contributed by atoms with Gasteiger partial charge in [-0.1, -0.05) is 41.4 Å². The number of methoxy groups -OCH3 is 1. The third-order valence-electron chi connectivity index (χ3n) is 3.85. The average Bonchev–Trinajstić information content (AvgIpc) is 2.67. The lowest BCUT2D eigenvalue weighted by atomic mass is 10.1. The number of halogens is 1. The second kappa shape index (κ2) is 8.51. The van der Waals surface area contributed by atoms with Crippen molar-refractivity contribution in [1.29, 1.82) is 0 Å². The van der Waals surface area contributed by atoms with Gasteiger partial charge in [0.15, 0.2) is 0 Å². The van der Waals surface area contributed by atoms with Gasteiger partial charge in [0.05, 0.1) is 24.5 Å². The third-order valence-corrected chi connectivity index (χ3v) is 4.15. The standard InChI is InChI=1S/C20H19ClN4O2/c1-13-4-3-5-14(8-13)10-23-19-12-22-17(11-24-19)20(26)25-15-6-7-18(27-2)16(21)9-15/h3-9,11-12H,10H2,1-2H3,(H,23,24)(H,25,26). The Morgan fingerprint density at radius 1 is 1.15 bits per heavy atom. The van der Waals surface area contributed by atoms with E-state index in [1.54, 1.807) is 18.2 Å². The second-order valence-corrected chi connectivity index (χ2v) is 6.34. The number of rotatable bonds is 6. The van der Waals surface area contributed by atoms with Crippen LogP contribution in [0, 0.1) is 6.92 Å². The van der Waals surface area contributed by atoms with Crippen LogP contribution in [0.3, 0.4) is 0 Å². The first-order valence-corrected chi connectivity index (χ1v) is 8.69. The number of carbonyl (C=O) groups excluding carboxylic acids is 1. The van der Waals surface area contributed by atoms with Crippen molar-refractivity contribution in [3.8, 4) is 5.75 Å². The van der Waals surface area contributed by atoms with Crippen LogP contribution in [0.25, 0.3) is 0 Å². The highest BCUT2D eigenvalue weighted by Gasteiger charge is 2.10. The number of ether oxygens (including phenoxy) is 1. The van der Waals surface area contributed by atoms with Crippen LogP contribution in [0.4, 0.5) is 11.5 Å². The summed E-state index contributed by atoms with van der Waals surface area (Å²) < 4.78 is 5.09. The molecule has 0 unspecified atom stereocenters. The minimum absolute atomic E-state index is 0.211. The molecular weight excluding hydrogens is 364 g/mol. The number of hydrogen-bond donors (Lipinski definition) is 2. The fourth-order valence-electron chi connectivity index (χ4n) is 2.49. The minimum Gasteiger partial charge on any atom is -0.495 e. The molecule has 2 aromatic carbocycles. The lowest BCUT2D eigenvalue weighted by Gasteiger charge is -2.09. The SMILES string of the molecule is COc1ccc(NC(=O)c2cnc(NCc3cccc(C)c3)cn2)cc1Cl. The summed E-state index contributed by atoms with van der Waals surface area (Å²) in [4.78, 5) is 20.7. The van der Waals surface area contributed by atoms with Crippen molar-refractivity contribution in [2.24, 2.45) is 0 Å². The van der Waals surface area contributed by atoms with E-state index in [1.165, 1.54) is 25.1 Å². The fraction of sp³-hybridized carbons (Fsp3) is 0.150. The van der Waals surface area contributed by atoms with Gasteiger partial charge < -0.3 is 15.4 Å². The maximum Gasteiger partial charge on any atom is 0.275 e. The first-order chi connectivity index (χ1) is 13.0. The lowest BCUT2D eigenvalue weighted by Crippen LogP contribution is -2.14. The van der Waals surface area contributed by atoms with E-state index in [9.17, 15) is 4.79 Å². The number of aromatic nitrogens is 2. The Morgan fingerprint density at radius 3 is 2.67 bits per heavy atom. The van der Waals surface area contributed by atoms with Crippen molar-refractivity contribution in [2.45, 2.75) is 13.5 Å². The molecule has 0 spiro atoms. The number of amides is 1. The Bertz CT molecular complexity index is 945. The van der Waals surface area contributed by atoms with Gasteiger partial charge in [-0.2, -0.15) is 0 Å². The predicted molar refractivity (Wildman–Crippen MR) is 106 cm³/mol. The molecule has 1 amide bonds. The molecule has 3 rings (SSSR count). The summed E-state index contributed by atoms with van der Waals surface area (Å²) >= 11 is 6.06. The van der Waals surface area contributed by atoms with Crippen LogP contribution >= 0.6 is 11.6 Å². The monoisotopic (exact) mass is 382 g/mol. The van der Waals surface area contributed by atoms with Gasteiger partial charge in [0, 0.05) is 12.2 Å². The summed E-state index contributed by atoms with van der Waals surface area (Å²) in [6, 6.07) is 13.2. The summed E-state index contributed by atoms with van der Waals surface area (Å²) in [6.07, 6.45) is 2.96. The second-order valence-electron chi connectivity index (χ2n) is 5.93. The molecule has 0 aliphatic heterocycles. The zero-order valence-corrected chi connectivity index (χ0v) is 15.7. The van der Waals surface area contributed by atoms with Gasteiger partial charge in [-0.3, -0.25) is 4.79 Å². The van der Waals surface area contributed by atoms with Gasteiger partial charge in [0.1, 0.15) is 17.3 Å². The number of anilines is 2. The lowest BCUT2D eigenvalue weighted by molar-refractivity contribution is 0.102. The Hall–Kier alpha value is -3.12. The molecule has 0 saturated heterocycles. The summed E-state index contributed by atoms with van der Waals surface area (Å²) in [5.74, 6) is 0.771. The quantitative estimate of drug-likeness (QED) is 0.664. The van der Waals surface area contributed by atoms with E-state index in [4.69, 9.17) is 16.3 Å². The van der Waals surface area contributed by atoms with Gasteiger partial charge in [-0.05, 0) is 30.7 Å². The van der Waals surface area contributed by atoms with Crippen LogP contribution in [-0.2, 0) is 6.54 Å². The van der Waals surface area contributed by atoms with E-state index in [1.807, 2.05) is 25.1 Å². The summed E-state index contributed by atoms with van der Waals surface area (Å²) in [5, 5.41) is 6.33. The van der Waals surface area contributed by atoms with Crippen molar-refractivity contribution in [1.82, 2.24) is 9.97 Å². The highest BCUT2D eigenvalue weighted by Crippen LogP contribution is 2.27. The van der Waals surface area contributed by atoms with E-state index in [0.717, 1.165) is 5.56 Å². The number of carbonyl (C=O) groups is 1. The number of nitrogens with zero attached hydrogens (tertiary/aromatic N) is 2. The predicted octanol–water partition coefficient (Wildman–Crippen LogP) is 4.31. The van der Waals surface area contributed by atoms with E-state index in [0.29, 0.717) is 28.8 Å². The van der Waals surface area contributed by atoms with Crippen LogP contribution in [0.5, 0.6) is 5.75 Å². The van der Waals surface area contributed by atoms with E-state index >= 15 is 0 Å². The van der Waals surface area contributed by atoms with Gasteiger partial charge in [0.2, 0.25) is 0 Å². The zero-order chi connectivity index (χ0) is 19.2. The van der Waals surface area contributed by atoms with Gasteiger partial charge >= 0.3 is 0 Å². The van der Waals surface area contributed by atoms with Crippen LogP contribution < -0.4 is 15.4 Å². The average molecular weight is 383 g/mol. The van der Waals surface area contributed by atoms with Crippen LogP contribution in [0.1, 0.15) is 21.6 Å². The van der Waals surface area contributed by atoms with Crippen molar-refractivity contribution in [2.75, 3.05) is 17.7 Å². The summed E-state index contributed by atoms with van der Waals surface area (Å²) in [5.41, 5.74) is 3.11. The first-order valence-electron chi connectivity index (χ1n) is 8.31. The Balaban J connectivity index is 1.60. The number of hydrogen-bond acceptors (Lipinski definition) is 5. The van der Waals surface area contributed by atoms with Gasteiger partial charge in [-0.15, -0.1) is 0 Å². The maximum absolute atomic E-state index is 12.3. The molecule has 3 aromatic rings. The van der Waals surface area contributed by atoms with Crippen molar-refractivity contribution in [3.63, 3.8) is 0 Å². The van der Waals surface area contributed by atoms with Crippen LogP contribution in [0.2, 0.25) is 5.02 Å². The molecule has 0 radical (unpaired) electrons. The van der Waals surface area contributed by atoms with Gasteiger partial charge in [-0.25, -0.2) is 9.97 Å². The molecule has 1 heterocycles. The van der Waals surface area contributed by atoms with Crippen molar-refractivity contribution < 1.29 is 9.53 Å². The topological polar surface area (TPSA) is 76.1 Å². The molecule has 2 N–H and O–H groups in total. The molecule has 0 atom stereocenters. The Kier molecular flexibility index (Phi) is 5.88. The molecule has 0 saturated carbocycles. The number of nitrogens with one attached hydrogen (secondary N) is 2. The molecule has 27 heavy (non-hydrogen) atoms. The molecule has 1 aromatic heterocycles. The largest absolute Gasteiger partial charge is 0.495 e. The molecule has 0 fully saturated rings. The molecule has 0 bridgehead atoms. The number of aryl methyl sites for hydroxylation is 1. The van der Waals surface area contributed by atoms with E-state index in [2.05, 4.69) is 26.7 Å². The van der Waals surface area contributed by atoms with Crippen molar-refractivity contribution >= 4 is 29.0 Å². The highest BCUT2D eigenvalue weighted by molar-refractivity contribution is 6.32.